The van der Waals surface area contributed by atoms with E-state index in [-0.39, 0.29) is 10.8 Å². The highest BCUT2D eigenvalue weighted by Crippen LogP contribution is 2.34. The van der Waals surface area contributed by atoms with Crippen LogP contribution >= 0.6 is 0 Å². The van der Waals surface area contributed by atoms with Gasteiger partial charge in [0.15, 0.2) is 0 Å². The van der Waals surface area contributed by atoms with Crippen LogP contribution in [0.3, 0.4) is 0 Å². The SMILES string of the molecule is CC(C)(C)c1cc(C=NCc2ccccn2)c(N)c(C(C)(C)C)c1. The van der Waals surface area contributed by atoms with Crippen molar-refractivity contribution in [2.75, 3.05) is 5.73 Å². The molecule has 2 aromatic rings. The first-order valence-corrected chi connectivity index (χ1v) is 8.43. The van der Waals surface area contributed by atoms with Gasteiger partial charge >= 0.3 is 0 Å². The molecule has 128 valence electrons. The zero-order chi connectivity index (χ0) is 18.0. The van der Waals surface area contributed by atoms with Crippen molar-refractivity contribution in [1.29, 1.82) is 0 Å². The first-order valence-electron chi connectivity index (χ1n) is 8.43. The molecule has 0 bridgehead atoms. The van der Waals surface area contributed by atoms with E-state index in [9.17, 15) is 0 Å². The number of hydrogen-bond acceptors (Lipinski definition) is 3. The number of anilines is 1. The number of aromatic nitrogens is 1. The molecular formula is C21H29N3. The Morgan fingerprint density at radius 2 is 1.75 bits per heavy atom. The second kappa shape index (κ2) is 6.76. The molecule has 0 unspecified atom stereocenters. The second-order valence-electron chi connectivity index (χ2n) is 8.32. The van der Waals surface area contributed by atoms with E-state index in [1.54, 1.807) is 6.20 Å². The van der Waals surface area contributed by atoms with Gasteiger partial charge < -0.3 is 5.73 Å². The summed E-state index contributed by atoms with van der Waals surface area (Å²) in [7, 11) is 0. The van der Waals surface area contributed by atoms with Crippen LogP contribution in [0.5, 0.6) is 0 Å². The highest BCUT2D eigenvalue weighted by Gasteiger charge is 2.23. The monoisotopic (exact) mass is 323 g/mol. The van der Waals surface area contributed by atoms with Crippen LogP contribution in [-0.2, 0) is 17.4 Å². The minimum absolute atomic E-state index is 0.00504. The fourth-order valence-corrected chi connectivity index (χ4v) is 2.57. The van der Waals surface area contributed by atoms with E-state index < -0.39 is 0 Å². The molecule has 0 spiro atoms. The molecule has 0 aliphatic heterocycles. The maximum atomic E-state index is 6.45. The average Bonchev–Trinajstić information content (AvgIpc) is 2.47. The minimum Gasteiger partial charge on any atom is -0.398 e. The normalized spacial score (nSPS) is 12.8. The van der Waals surface area contributed by atoms with Crippen LogP contribution in [0.2, 0.25) is 0 Å². The van der Waals surface area contributed by atoms with Crippen molar-refractivity contribution >= 4 is 11.9 Å². The Kier molecular flexibility index (Phi) is 5.12. The van der Waals surface area contributed by atoms with Crippen LogP contribution < -0.4 is 5.73 Å². The molecule has 0 fully saturated rings. The second-order valence-corrected chi connectivity index (χ2v) is 8.32. The van der Waals surface area contributed by atoms with Gasteiger partial charge in [-0.2, -0.15) is 0 Å². The molecule has 2 rings (SSSR count). The van der Waals surface area contributed by atoms with Gasteiger partial charge in [0.2, 0.25) is 0 Å². The van der Waals surface area contributed by atoms with E-state index in [1.165, 1.54) is 11.1 Å². The third-order valence-electron chi connectivity index (χ3n) is 4.10. The van der Waals surface area contributed by atoms with Crippen LogP contribution in [0.1, 0.15) is 63.9 Å². The maximum Gasteiger partial charge on any atom is 0.0811 e. The van der Waals surface area contributed by atoms with Gasteiger partial charge in [0.25, 0.3) is 0 Å². The molecule has 1 heterocycles. The molecule has 0 aliphatic rings. The lowest BCUT2D eigenvalue weighted by atomic mass is 9.78. The maximum absolute atomic E-state index is 6.45. The fraction of sp³-hybridized carbons (Fsp3) is 0.429. The predicted molar refractivity (Wildman–Crippen MR) is 104 cm³/mol. The molecule has 0 radical (unpaired) electrons. The van der Waals surface area contributed by atoms with Crippen LogP contribution in [0.4, 0.5) is 5.69 Å². The minimum atomic E-state index is -0.00504. The summed E-state index contributed by atoms with van der Waals surface area (Å²) < 4.78 is 0. The standard InChI is InChI=1S/C21H29N3/c1-20(2,3)16-11-15(19(22)18(12-16)21(4,5)6)13-23-14-17-9-7-8-10-24-17/h7-13H,14,22H2,1-6H3. The number of pyridine rings is 1. The molecule has 2 N–H and O–H groups in total. The van der Waals surface area contributed by atoms with Crippen molar-refractivity contribution in [3.8, 4) is 0 Å². The van der Waals surface area contributed by atoms with Gasteiger partial charge in [-0.3, -0.25) is 9.98 Å². The lowest BCUT2D eigenvalue weighted by Gasteiger charge is -2.27. The molecule has 0 aliphatic carbocycles. The largest absolute Gasteiger partial charge is 0.398 e. The van der Waals surface area contributed by atoms with Gasteiger partial charge in [-0.25, -0.2) is 0 Å². The fourth-order valence-electron chi connectivity index (χ4n) is 2.57. The third-order valence-corrected chi connectivity index (χ3v) is 4.10. The van der Waals surface area contributed by atoms with Crippen molar-refractivity contribution in [3.05, 3.63) is 58.9 Å². The Morgan fingerprint density at radius 3 is 2.29 bits per heavy atom. The van der Waals surface area contributed by atoms with Crippen molar-refractivity contribution < 1.29 is 0 Å². The van der Waals surface area contributed by atoms with Gasteiger partial charge in [0, 0.05) is 23.7 Å². The summed E-state index contributed by atoms with van der Waals surface area (Å²) in [5, 5.41) is 0. The summed E-state index contributed by atoms with van der Waals surface area (Å²) in [6, 6.07) is 10.3. The molecular weight excluding hydrogens is 294 g/mol. The Labute approximate surface area is 146 Å². The molecule has 0 saturated heterocycles. The Hall–Kier alpha value is -2.16. The quantitative estimate of drug-likeness (QED) is 0.646. The molecule has 3 nitrogen and oxygen atoms in total. The number of nitrogens with two attached hydrogens (primary N) is 1. The smallest absolute Gasteiger partial charge is 0.0811 e. The number of aliphatic imine (C=N–C) groups is 1. The lowest BCUT2D eigenvalue weighted by molar-refractivity contribution is 0.570. The highest BCUT2D eigenvalue weighted by atomic mass is 14.8. The number of hydrogen-bond donors (Lipinski definition) is 1. The Morgan fingerprint density at radius 1 is 1.04 bits per heavy atom. The first-order chi connectivity index (χ1) is 11.1. The van der Waals surface area contributed by atoms with Crippen molar-refractivity contribution in [3.63, 3.8) is 0 Å². The predicted octanol–water partition coefficient (Wildman–Crippen LogP) is 4.88. The van der Waals surface area contributed by atoms with E-state index in [0.29, 0.717) is 6.54 Å². The van der Waals surface area contributed by atoms with Crippen LogP contribution in [0.15, 0.2) is 41.5 Å². The Bertz CT molecular complexity index is 717. The van der Waals surface area contributed by atoms with Crippen molar-refractivity contribution in [2.45, 2.75) is 58.9 Å². The summed E-state index contributed by atoms with van der Waals surface area (Å²) in [5.74, 6) is 0. The third kappa shape index (κ3) is 4.44. The number of nitrogens with zero attached hydrogens (tertiary/aromatic N) is 2. The van der Waals surface area contributed by atoms with Crippen molar-refractivity contribution in [2.24, 2.45) is 4.99 Å². The molecule has 0 atom stereocenters. The van der Waals surface area contributed by atoms with Crippen LogP contribution in [-0.4, -0.2) is 11.2 Å². The topological polar surface area (TPSA) is 51.3 Å². The van der Waals surface area contributed by atoms with E-state index in [0.717, 1.165) is 16.9 Å². The molecule has 1 aromatic carbocycles. The van der Waals surface area contributed by atoms with Crippen molar-refractivity contribution in [1.82, 2.24) is 4.98 Å². The lowest BCUT2D eigenvalue weighted by Crippen LogP contribution is -2.19. The molecule has 0 amide bonds. The van der Waals surface area contributed by atoms with Crippen LogP contribution in [0.25, 0.3) is 0 Å². The zero-order valence-electron chi connectivity index (χ0n) is 15.7. The van der Waals surface area contributed by atoms with Gasteiger partial charge in [-0.1, -0.05) is 53.7 Å². The summed E-state index contributed by atoms with van der Waals surface area (Å²) in [6.45, 7) is 13.8. The van der Waals surface area contributed by atoms with Gasteiger partial charge in [0.05, 0.1) is 12.2 Å². The van der Waals surface area contributed by atoms with E-state index in [4.69, 9.17) is 5.73 Å². The Balaban J connectivity index is 2.41. The summed E-state index contributed by atoms with van der Waals surface area (Å²) >= 11 is 0. The number of benzene rings is 1. The van der Waals surface area contributed by atoms with Gasteiger partial charge in [0.1, 0.15) is 0 Å². The number of nitrogen functional groups attached to an aromatic ring is 1. The van der Waals surface area contributed by atoms with E-state index in [2.05, 4.69) is 63.7 Å². The molecule has 1 aromatic heterocycles. The first kappa shape index (κ1) is 18.2. The number of rotatable bonds is 3. The summed E-state index contributed by atoms with van der Waals surface area (Å²) in [5.41, 5.74) is 11.7. The highest BCUT2D eigenvalue weighted by molar-refractivity contribution is 5.89. The zero-order valence-corrected chi connectivity index (χ0v) is 15.7. The average molecular weight is 323 g/mol. The van der Waals surface area contributed by atoms with Gasteiger partial charge in [-0.05, 0) is 40.2 Å². The molecule has 24 heavy (non-hydrogen) atoms. The molecule has 0 saturated carbocycles. The van der Waals surface area contributed by atoms with Crippen LogP contribution in [0, 0.1) is 0 Å². The summed E-state index contributed by atoms with van der Waals surface area (Å²) in [4.78, 5) is 8.85. The van der Waals surface area contributed by atoms with E-state index >= 15 is 0 Å². The van der Waals surface area contributed by atoms with Gasteiger partial charge in [-0.15, -0.1) is 0 Å². The summed E-state index contributed by atoms with van der Waals surface area (Å²) in [6.07, 6.45) is 3.67. The molecule has 3 heteroatoms. The van der Waals surface area contributed by atoms with E-state index in [1.807, 2.05) is 24.4 Å².